The number of anilines is 1. The van der Waals surface area contributed by atoms with Gasteiger partial charge in [-0.2, -0.15) is 13.2 Å². The number of nitrogens with zero attached hydrogens (tertiary/aromatic N) is 1. The molecule has 9 heteroatoms. The molecule has 1 aromatic rings. The zero-order valence-corrected chi connectivity index (χ0v) is 10.4. The minimum Gasteiger partial charge on any atom is -0.440 e. The lowest BCUT2D eigenvalue weighted by Crippen LogP contribution is -2.23. The maximum Gasteiger partial charge on any atom is 0.422 e. The summed E-state index contributed by atoms with van der Waals surface area (Å²) in [5, 5.41) is 1.98. The van der Waals surface area contributed by atoms with Crippen molar-refractivity contribution in [1.82, 2.24) is 4.98 Å². The number of ether oxygens (including phenoxy) is 1. The van der Waals surface area contributed by atoms with Gasteiger partial charge in [0.1, 0.15) is 0 Å². The first-order chi connectivity index (χ1) is 7.78. The van der Waals surface area contributed by atoms with Crippen LogP contribution in [-0.2, 0) is 4.74 Å². The first-order valence-corrected chi connectivity index (χ1v) is 5.26. The molecule has 1 amide bonds. The van der Waals surface area contributed by atoms with E-state index >= 15 is 0 Å². The Morgan fingerprint density at radius 1 is 1.59 bits per heavy atom. The normalized spacial score (nSPS) is 11.1. The van der Waals surface area contributed by atoms with Crippen LogP contribution in [0.3, 0.4) is 0 Å². The Morgan fingerprint density at radius 3 is 2.82 bits per heavy atom. The van der Waals surface area contributed by atoms with E-state index in [1.165, 1.54) is 12.3 Å². The van der Waals surface area contributed by atoms with Gasteiger partial charge in [0, 0.05) is 10.7 Å². The quantitative estimate of drug-likeness (QED) is 0.841. The molecule has 0 saturated carbocycles. The highest BCUT2D eigenvalue weighted by molar-refractivity contribution is 9.10. The van der Waals surface area contributed by atoms with Gasteiger partial charge in [0.15, 0.2) is 11.8 Å². The van der Waals surface area contributed by atoms with Crippen molar-refractivity contribution in [1.29, 1.82) is 0 Å². The van der Waals surface area contributed by atoms with Gasteiger partial charge >= 0.3 is 12.3 Å². The van der Waals surface area contributed by atoms with Crippen LogP contribution in [0.15, 0.2) is 16.7 Å². The van der Waals surface area contributed by atoms with Crippen LogP contribution < -0.4 is 5.32 Å². The van der Waals surface area contributed by atoms with Gasteiger partial charge in [-0.05, 0) is 22.0 Å². The number of hydrogen-bond acceptors (Lipinski definition) is 3. The fourth-order valence-electron chi connectivity index (χ4n) is 0.804. The molecule has 1 N–H and O–H groups in total. The van der Waals surface area contributed by atoms with Crippen molar-refractivity contribution in [3.05, 3.63) is 21.9 Å². The van der Waals surface area contributed by atoms with Crippen LogP contribution in [0.25, 0.3) is 0 Å². The average Bonchev–Trinajstić information content (AvgIpc) is 2.20. The zero-order valence-electron chi connectivity index (χ0n) is 8.02. The predicted octanol–water partition coefficient (Wildman–Crippen LogP) is 3.61. The number of rotatable bonds is 2. The molecule has 0 aliphatic carbocycles. The van der Waals surface area contributed by atoms with E-state index in [0.717, 1.165) is 0 Å². The summed E-state index contributed by atoms with van der Waals surface area (Å²) < 4.78 is 39.7. The van der Waals surface area contributed by atoms with Crippen LogP contribution in [0.1, 0.15) is 0 Å². The Morgan fingerprint density at radius 2 is 2.24 bits per heavy atom. The predicted molar refractivity (Wildman–Crippen MR) is 58.0 cm³/mol. The number of halogens is 5. The zero-order chi connectivity index (χ0) is 13.1. The SMILES string of the molecule is O=C(Nc1cc(Br)cnc1Cl)OCC(F)(F)F. The molecule has 94 valence electrons. The van der Waals surface area contributed by atoms with Crippen LogP contribution in [-0.4, -0.2) is 23.9 Å². The van der Waals surface area contributed by atoms with E-state index in [-0.39, 0.29) is 10.8 Å². The molecule has 1 aromatic heterocycles. The highest BCUT2D eigenvalue weighted by Crippen LogP contribution is 2.23. The Labute approximate surface area is 107 Å². The number of pyridine rings is 1. The molecule has 0 saturated heterocycles. The van der Waals surface area contributed by atoms with E-state index in [0.29, 0.717) is 4.47 Å². The number of carbonyl (C=O) groups is 1. The number of hydrogen-bond donors (Lipinski definition) is 1. The molecule has 17 heavy (non-hydrogen) atoms. The van der Waals surface area contributed by atoms with E-state index in [1.54, 1.807) is 0 Å². The minimum atomic E-state index is -4.57. The van der Waals surface area contributed by atoms with Gasteiger partial charge < -0.3 is 4.74 Å². The van der Waals surface area contributed by atoms with E-state index in [2.05, 4.69) is 25.7 Å². The van der Waals surface area contributed by atoms with Crippen LogP contribution in [0.5, 0.6) is 0 Å². The summed E-state index contributed by atoms with van der Waals surface area (Å²) in [7, 11) is 0. The molecule has 0 aliphatic rings. The summed E-state index contributed by atoms with van der Waals surface area (Å²) in [5.41, 5.74) is 0.0493. The Kier molecular flexibility index (Phi) is 4.58. The van der Waals surface area contributed by atoms with Gasteiger partial charge in [-0.15, -0.1) is 0 Å². The number of nitrogens with one attached hydrogen (secondary N) is 1. The lowest BCUT2D eigenvalue weighted by Gasteiger charge is -2.09. The van der Waals surface area contributed by atoms with Crippen molar-refractivity contribution in [2.75, 3.05) is 11.9 Å². The highest BCUT2D eigenvalue weighted by atomic mass is 79.9. The highest BCUT2D eigenvalue weighted by Gasteiger charge is 2.29. The van der Waals surface area contributed by atoms with Gasteiger partial charge in [0.2, 0.25) is 0 Å². The van der Waals surface area contributed by atoms with Crippen LogP contribution in [0, 0.1) is 0 Å². The fourth-order valence-corrected chi connectivity index (χ4v) is 1.29. The monoisotopic (exact) mass is 332 g/mol. The first kappa shape index (κ1) is 14.0. The van der Waals surface area contributed by atoms with E-state index in [4.69, 9.17) is 11.6 Å². The van der Waals surface area contributed by atoms with Crippen LogP contribution in [0.2, 0.25) is 5.15 Å². The van der Waals surface area contributed by atoms with Crippen molar-refractivity contribution < 1.29 is 22.7 Å². The molecule has 0 aromatic carbocycles. The summed E-state index contributed by atoms with van der Waals surface area (Å²) in [6.45, 7) is -1.67. The molecule has 0 fully saturated rings. The summed E-state index contributed by atoms with van der Waals surface area (Å²) in [6.07, 6.45) is -4.46. The molecular formula is C8H5BrClF3N2O2. The third kappa shape index (κ3) is 5.22. The maximum absolute atomic E-state index is 11.7. The number of amides is 1. The molecule has 0 spiro atoms. The molecule has 0 bridgehead atoms. The molecule has 0 aliphatic heterocycles. The van der Waals surface area contributed by atoms with Gasteiger partial charge in [0.05, 0.1) is 5.69 Å². The second kappa shape index (κ2) is 5.54. The summed E-state index contributed by atoms with van der Waals surface area (Å²) in [4.78, 5) is 14.7. The second-order valence-corrected chi connectivity index (χ2v) is 4.08. The smallest absolute Gasteiger partial charge is 0.422 e. The standard InChI is InChI=1S/C8H5BrClF3N2O2/c9-4-1-5(6(10)14-2-4)15-7(16)17-3-8(11,12)13/h1-2H,3H2,(H,15,16). The molecule has 0 radical (unpaired) electrons. The molecule has 1 heterocycles. The number of aromatic nitrogens is 1. The van der Waals surface area contributed by atoms with Gasteiger partial charge in [-0.25, -0.2) is 9.78 Å². The lowest BCUT2D eigenvalue weighted by atomic mass is 10.4. The summed E-state index contributed by atoms with van der Waals surface area (Å²) >= 11 is 8.67. The first-order valence-electron chi connectivity index (χ1n) is 4.09. The molecule has 0 atom stereocenters. The van der Waals surface area contributed by atoms with Crippen molar-refractivity contribution in [3.8, 4) is 0 Å². The Balaban J connectivity index is 2.59. The summed E-state index contributed by atoms with van der Waals surface area (Å²) in [5.74, 6) is 0. The van der Waals surface area contributed by atoms with Crippen molar-refractivity contribution in [2.24, 2.45) is 0 Å². The number of alkyl halides is 3. The number of carbonyl (C=O) groups excluding carboxylic acids is 1. The lowest BCUT2D eigenvalue weighted by molar-refractivity contribution is -0.159. The van der Waals surface area contributed by atoms with Crippen LogP contribution in [0.4, 0.5) is 23.7 Å². The second-order valence-electron chi connectivity index (χ2n) is 2.81. The third-order valence-corrected chi connectivity index (χ3v) is 2.14. The molecule has 4 nitrogen and oxygen atoms in total. The minimum absolute atomic E-state index is 0.0493. The van der Waals surface area contributed by atoms with Crippen LogP contribution >= 0.6 is 27.5 Å². The Bertz CT molecular complexity index is 428. The van der Waals surface area contributed by atoms with E-state index in [9.17, 15) is 18.0 Å². The van der Waals surface area contributed by atoms with Crippen molar-refractivity contribution >= 4 is 39.3 Å². The van der Waals surface area contributed by atoms with Crippen molar-refractivity contribution in [2.45, 2.75) is 6.18 Å². The van der Waals surface area contributed by atoms with E-state index < -0.39 is 18.9 Å². The average molecular weight is 333 g/mol. The Hall–Kier alpha value is -1.02. The maximum atomic E-state index is 11.7. The van der Waals surface area contributed by atoms with Gasteiger partial charge in [-0.1, -0.05) is 11.6 Å². The topological polar surface area (TPSA) is 51.2 Å². The molecule has 0 unspecified atom stereocenters. The van der Waals surface area contributed by atoms with Gasteiger partial charge in [0.25, 0.3) is 0 Å². The molecule has 1 rings (SSSR count). The van der Waals surface area contributed by atoms with Gasteiger partial charge in [-0.3, -0.25) is 5.32 Å². The third-order valence-electron chi connectivity index (χ3n) is 1.41. The van der Waals surface area contributed by atoms with Crippen molar-refractivity contribution in [3.63, 3.8) is 0 Å². The van der Waals surface area contributed by atoms with E-state index in [1.807, 2.05) is 5.32 Å². The fraction of sp³-hybridized carbons (Fsp3) is 0.250. The molecular weight excluding hydrogens is 328 g/mol. The largest absolute Gasteiger partial charge is 0.440 e. The summed E-state index contributed by atoms with van der Waals surface area (Å²) in [6, 6.07) is 1.38.